The van der Waals surface area contributed by atoms with Crippen molar-refractivity contribution >= 4 is 51.3 Å². The average molecular weight is 628 g/mol. The lowest BCUT2D eigenvalue weighted by molar-refractivity contribution is 0.0998. The van der Waals surface area contributed by atoms with Gasteiger partial charge in [-0.1, -0.05) is 35.9 Å². The van der Waals surface area contributed by atoms with Crippen molar-refractivity contribution in [1.29, 1.82) is 0 Å². The molecule has 12 heteroatoms. The summed E-state index contributed by atoms with van der Waals surface area (Å²) in [5.74, 6) is -0.682. The Morgan fingerprint density at radius 1 is 1.07 bits per heavy atom. The van der Waals surface area contributed by atoms with Crippen LogP contribution in [0.4, 0.5) is 20.4 Å². The van der Waals surface area contributed by atoms with Crippen LogP contribution < -0.4 is 16.0 Å². The number of hydrogen-bond donors (Lipinski definition) is 3. The van der Waals surface area contributed by atoms with Crippen molar-refractivity contribution in [3.8, 4) is 11.4 Å². The Balaban J connectivity index is 1.18. The van der Waals surface area contributed by atoms with Crippen LogP contribution in [0, 0.1) is 17.6 Å². The first kappa shape index (κ1) is 28.9. The van der Waals surface area contributed by atoms with E-state index < -0.39 is 11.6 Å². The van der Waals surface area contributed by atoms with Crippen LogP contribution >= 0.6 is 11.6 Å². The summed E-state index contributed by atoms with van der Waals surface area (Å²) >= 11 is 6.83. The van der Waals surface area contributed by atoms with Gasteiger partial charge in [0.15, 0.2) is 23.0 Å². The van der Waals surface area contributed by atoms with Gasteiger partial charge in [-0.25, -0.2) is 18.7 Å². The van der Waals surface area contributed by atoms with E-state index in [-0.39, 0.29) is 18.2 Å². The molecule has 45 heavy (non-hydrogen) atoms. The van der Waals surface area contributed by atoms with Crippen LogP contribution in [-0.4, -0.2) is 38.5 Å². The van der Waals surface area contributed by atoms with Gasteiger partial charge in [0, 0.05) is 29.7 Å². The van der Waals surface area contributed by atoms with Crippen LogP contribution in [0.3, 0.4) is 0 Å². The van der Waals surface area contributed by atoms with Crippen LogP contribution in [-0.2, 0) is 13.1 Å². The van der Waals surface area contributed by atoms with E-state index in [1.165, 1.54) is 6.07 Å². The summed E-state index contributed by atoms with van der Waals surface area (Å²) in [5, 5.41) is 10.7. The molecule has 1 aliphatic heterocycles. The van der Waals surface area contributed by atoms with Crippen molar-refractivity contribution < 1.29 is 18.0 Å². The van der Waals surface area contributed by atoms with E-state index in [0.717, 1.165) is 43.5 Å². The number of rotatable bonds is 8. The highest BCUT2D eigenvalue weighted by atomic mass is 35.5. The summed E-state index contributed by atoms with van der Waals surface area (Å²) in [6.07, 6.45) is 3.76. The van der Waals surface area contributed by atoms with Crippen molar-refractivity contribution in [2.45, 2.75) is 25.9 Å². The quantitative estimate of drug-likeness (QED) is 0.166. The highest BCUT2D eigenvalue weighted by Crippen LogP contribution is 2.33. The van der Waals surface area contributed by atoms with Crippen LogP contribution in [0.15, 0.2) is 77.3 Å². The highest BCUT2D eigenvalue weighted by molar-refractivity contribution is 6.33. The third kappa shape index (κ3) is 6.09. The molecule has 1 atom stereocenters. The molecule has 0 saturated carbocycles. The highest BCUT2D eigenvalue weighted by Gasteiger charge is 2.22. The summed E-state index contributed by atoms with van der Waals surface area (Å²) in [7, 11) is 0. The van der Waals surface area contributed by atoms with Crippen molar-refractivity contribution in [2.75, 3.05) is 23.7 Å². The van der Waals surface area contributed by atoms with E-state index in [1.54, 1.807) is 24.4 Å². The van der Waals surface area contributed by atoms with E-state index in [9.17, 15) is 13.6 Å². The Morgan fingerprint density at radius 2 is 1.96 bits per heavy atom. The number of piperidine rings is 1. The Hall–Kier alpha value is -4.87. The zero-order chi connectivity index (χ0) is 30.9. The summed E-state index contributed by atoms with van der Waals surface area (Å²) in [4.78, 5) is 27.0. The van der Waals surface area contributed by atoms with Crippen LogP contribution in [0.5, 0.6) is 0 Å². The smallest absolute Gasteiger partial charge is 0.291 e. The third-order valence-electron chi connectivity index (χ3n) is 7.88. The fourth-order valence-corrected chi connectivity index (χ4v) is 5.88. The molecule has 7 rings (SSSR count). The maximum Gasteiger partial charge on any atom is 0.291 e. The Morgan fingerprint density at radius 3 is 2.76 bits per heavy atom. The summed E-state index contributed by atoms with van der Waals surface area (Å²) in [5.41, 5.74) is 3.59. The number of para-hydroxylation sites is 1. The van der Waals surface area contributed by atoms with E-state index in [4.69, 9.17) is 26.0 Å². The predicted octanol–water partition coefficient (Wildman–Crippen LogP) is 7.04. The monoisotopic (exact) mass is 627 g/mol. The molecular weight excluding hydrogens is 600 g/mol. The zero-order valence-electron chi connectivity index (χ0n) is 24.0. The van der Waals surface area contributed by atoms with Crippen LogP contribution in [0.2, 0.25) is 5.02 Å². The van der Waals surface area contributed by atoms with Crippen LogP contribution in [0.25, 0.3) is 33.5 Å². The lowest BCUT2D eigenvalue weighted by atomic mass is 9.99. The van der Waals surface area contributed by atoms with Gasteiger partial charge in [0.25, 0.3) is 5.91 Å². The fraction of sp³-hybridized carbons (Fsp3) is 0.212. The van der Waals surface area contributed by atoms with Crippen molar-refractivity contribution in [3.05, 3.63) is 101 Å². The molecule has 4 heterocycles. The van der Waals surface area contributed by atoms with Crippen molar-refractivity contribution in [2.24, 2.45) is 5.92 Å². The Labute approximate surface area is 261 Å². The molecular formula is C33H28ClF2N7O2. The molecule has 3 N–H and O–H groups in total. The minimum atomic E-state index is -0.911. The molecule has 1 amide bonds. The summed E-state index contributed by atoms with van der Waals surface area (Å²) < 4.78 is 34.8. The number of imidazole rings is 1. The lowest BCUT2D eigenvalue weighted by Gasteiger charge is -2.24. The molecule has 3 aromatic heterocycles. The molecule has 228 valence electrons. The molecule has 0 bridgehead atoms. The number of nitrogens with one attached hydrogen (secondary N) is 3. The number of fused-ring (bicyclic) bond motifs is 2. The summed E-state index contributed by atoms with van der Waals surface area (Å²) in [6.45, 7) is 2.72. The van der Waals surface area contributed by atoms with Gasteiger partial charge >= 0.3 is 0 Å². The number of furan rings is 1. The largest absolute Gasteiger partial charge is 0.451 e. The molecule has 1 fully saturated rings. The first-order valence-electron chi connectivity index (χ1n) is 14.6. The van der Waals surface area contributed by atoms with Crippen molar-refractivity contribution in [3.63, 3.8) is 0 Å². The normalized spacial score (nSPS) is 15.0. The Bertz CT molecular complexity index is 2000. The van der Waals surface area contributed by atoms with Crippen LogP contribution in [0.1, 0.15) is 29.0 Å². The molecule has 0 radical (unpaired) electrons. The lowest BCUT2D eigenvalue weighted by Crippen LogP contribution is -2.32. The predicted molar refractivity (Wildman–Crippen MR) is 169 cm³/mol. The number of carbonyl (C=O) groups is 1. The number of hydrogen-bond acceptors (Lipinski definition) is 7. The number of carbonyl (C=O) groups excluding carboxylic acids is 1. The molecule has 1 aliphatic rings. The molecule has 0 spiro atoms. The minimum absolute atomic E-state index is 0.201. The van der Waals surface area contributed by atoms with E-state index in [0.29, 0.717) is 62.8 Å². The number of anilines is 2. The number of nitrogens with zero attached hydrogens (tertiary/aromatic N) is 4. The second kappa shape index (κ2) is 12.3. The minimum Gasteiger partial charge on any atom is -0.451 e. The van der Waals surface area contributed by atoms with Gasteiger partial charge in [-0.2, -0.15) is 4.98 Å². The number of benzene rings is 3. The first-order valence-corrected chi connectivity index (χ1v) is 15.0. The van der Waals surface area contributed by atoms with Gasteiger partial charge in [-0.3, -0.25) is 4.79 Å². The van der Waals surface area contributed by atoms with Crippen molar-refractivity contribution in [1.82, 2.24) is 24.8 Å². The standard InChI is InChI=1S/C33H28ClF2N7O2/c34-24-14-22(40-32(44)29-13-21-5-1-2-6-28(21)45-29)8-9-23(24)30-41-27-17-39-33(38-16-19-7-10-25(35)26(36)12-19)42-31(27)43(30)18-20-4-3-11-37-15-20/h1-2,5-10,12-14,17,20,37H,3-4,11,15-16,18H2,(H,40,44)(H,38,39,42)/t20-/m1/s1. The fourth-order valence-electron chi connectivity index (χ4n) is 5.61. The van der Waals surface area contributed by atoms with Gasteiger partial charge in [0.05, 0.1) is 11.2 Å². The molecule has 6 aromatic rings. The van der Waals surface area contributed by atoms with Gasteiger partial charge in [0.2, 0.25) is 5.95 Å². The SMILES string of the molecule is O=C(Nc1ccc(-c2nc3cnc(NCc4ccc(F)c(F)c4)nc3n2C[C@@H]2CCCNC2)c(Cl)c1)c1cc2ccccc2o1. The number of aromatic nitrogens is 4. The van der Waals surface area contributed by atoms with Gasteiger partial charge in [0.1, 0.15) is 16.9 Å². The second-order valence-corrected chi connectivity index (χ2v) is 11.5. The molecule has 0 unspecified atom stereocenters. The zero-order valence-corrected chi connectivity index (χ0v) is 24.7. The van der Waals surface area contributed by atoms with E-state index in [2.05, 4.69) is 20.9 Å². The van der Waals surface area contributed by atoms with E-state index >= 15 is 0 Å². The van der Waals surface area contributed by atoms with Gasteiger partial charge in [-0.05, 0) is 79.9 Å². The van der Waals surface area contributed by atoms with E-state index in [1.807, 2.05) is 34.9 Å². The average Bonchev–Trinajstić information content (AvgIpc) is 3.64. The maximum absolute atomic E-state index is 13.7. The first-order chi connectivity index (χ1) is 21.9. The molecule has 9 nitrogen and oxygen atoms in total. The topological polar surface area (TPSA) is 110 Å². The third-order valence-corrected chi connectivity index (χ3v) is 8.19. The Kier molecular flexibility index (Phi) is 7.86. The molecule has 0 aliphatic carbocycles. The molecule has 1 saturated heterocycles. The van der Waals surface area contributed by atoms with Gasteiger partial charge in [-0.15, -0.1) is 0 Å². The maximum atomic E-state index is 13.7. The number of amides is 1. The summed E-state index contributed by atoms with van der Waals surface area (Å²) in [6, 6.07) is 18.1. The van der Waals surface area contributed by atoms with Gasteiger partial charge < -0.3 is 24.9 Å². The number of halogens is 3. The molecule has 3 aromatic carbocycles. The second-order valence-electron chi connectivity index (χ2n) is 11.1.